The van der Waals surface area contributed by atoms with E-state index >= 15 is 0 Å². The van der Waals surface area contributed by atoms with Crippen molar-refractivity contribution in [3.05, 3.63) is 30.1 Å². The van der Waals surface area contributed by atoms with Crippen LogP contribution in [0.15, 0.2) is 24.5 Å². The monoisotopic (exact) mass is 299 g/mol. The highest BCUT2D eigenvalue weighted by molar-refractivity contribution is 5.95. The quantitative estimate of drug-likeness (QED) is 0.781. The Bertz CT molecular complexity index is 694. The van der Waals surface area contributed by atoms with E-state index in [1.54, 1.807) is 17.1 Å². The molecule has 0 fully saturated rings. The second-order valence-corrected chi connectivity index (χ2v) is 5.93. The number of nitrogens with one attached hydrogen (secondary N) is 1. The Kier molecular flexibility index (Phi) is 3.94. The Morgan fingerprint density at radius 2 is 2.23 bits per heavy atom. The first-order chi connectivity index (χ1) is 10.6. The highest BCUT2D eigenvalue weighted by atomic mass is 16.1. The summed E-state index contributed by atoms with van der Waals surface area (Å²) in [6.07, 6.45) is 6.04. The van der Waals surface area contributed by atoms with Gasteiger partial charge < -0.3 is 11.1 Å². The Morgan fingerprint density at radius 3 is 3.05 bits per heavy atom. The van der Waals surface area contributed by atoms with Crippen LogP contribution in [0.25, 0.3) is 11.4 Å². The molecule has 116 valence electrons. The lowest BCUT2D eigenvalue weighted by atomic mass is 9.96. The number of nitrogens with two attached hydrogens (primary N) is 1. The van der Waals surface area contributed by atoms with Gasteiger partial charge in [0.05, 0.1) is 17.6 Å². The van der Waals surface area contributed by atoms with E-state index in [1.165, 1.54) is 0 Å². The van der Waals surface area contributed by atoms with Gasteiger partial charge in [-0.25, -0.2) is 0 Å². The van der Waals surface area contributed by atoms with E-state index in [4.69, 9.17) is 5.73 Å². The Labute approximate surface area is 129 Å². The molecule has 2 bridgehead atoms. The van der Waals surface area contributed by atoms with Crippen LogP contribution in [0.4, 0.5) is 5.69 Å². The minimum atomic E-state index is -0.0500. The molecule has 0 unspecified atom stereocenters. The number of aryl methyl sites for hydroxylation is 1. The van der Waals surface area contributed by atoms with E-state index in [9.17, 15) is 4.79 Å². The van der Waals surface area contributed by atoms with Gasteiger partial charge in [0.15, 0.2) is 0 Å². The topological polar surface area (TPSA) is 85.8 Å². The zero-order chi connectivity index (χ0) is 15.7. The van der Waals surface area contributed by atoms with Gasteiger partial charge in [0.25, 0.3) is 0 Å². The molecular weight excluding hydrogens is 278 g/mol. The van der Waals surface area contributed by atoms with Crippen molar-refractivity contribution in [2.45, 2.75) is 32.2 Å². The van der Waals surface area contributed by atoms with Crippen LogP contribution in [0.2, 0.25) is 0 Å². The molecule has 3 rings (SSSR count). The summed E-state index contributed by atoms with van der Waals surface area (Å²) in [7, 11) is 1.84. The van der Waals surface area contributed by atoms with E-state index in [0.717, 1.165) is 36.2 Å². The molecule has 1 aliphatic rings. The van der Waals surface area contributed by atoms with Crippen LogP contribution < -0.4 is 11.1 Å². The van der Waals surface area contributed by atoms with Gasteiger partial charge in [0, 0.05) is 25.2 Å². The van der Waals surface area contributed by atoms with Crippen LogP contribution in [0, 0.1) is 5.92 Å². The maximum Gasteiger partial charge on any atom is 0.227 e. The molecule has 1 aliphatic heterocycles. The molecule has 6 heteroatoms. The standard InChI is InChI=1S/C16H21N5O/c1-10-4-3-5-12(17)11-6-7-18-13(8-11)15-14(20-16(10)22)9-19-21(15)2/h6-10,12H,3-5,17H2,1-2H3,(H,20,22)/t10-,12+/m1/s1. The maximum atomic E-state index is 12.3. The average molecular weight is 299 g/mol. The zero-order valence-electron chi connectivity index (χ0n) is 12.9. The van der Waals surface area contributed by atoms with Gasteiger partial charge in [-0.05, 0) is 30.5 Å². The maximum absolute atomic E-state index is 12.3. The lowest BCUT2D eigenvalue weighted by Crippen LogP contribution is -2.21. The summed E-state index contributed by atoms with van der Waals surface area (Å²) in [6.45, 7) is 1.94. The number of carbonyl (C=O) groups excluding carboxylic acids is 1. The summed E-state index contributed by atoms with van der Waals surface area (Å²) in [6, 6.07) is 3.91. The van der Waals surface area contributed by atoms with Crippen LogP contribution in [0.5, 0.6) is 0 Å². The molecule has 22 heavy (non-hydrogen) atoms. The van der Waals surface area contributed by atoms with E-state index in [-0.39, 0.29) is 17.9 Å². The smallest absolute Gasteiger partial charge is 0.227 e. The number of hydrogen-bond donors (Lipinski definition) is 2. The highest BCUT2D eigenvalue weighted by Crippen LogP contribution is 2.29. The average Bonchev–Trinajstić information content (AvgIpc) is 2.87. The fourth-order valence-corrected chi connectivity index (χ4v) is 2.84. The second kappa shape index (κ2) is 5.88. The third-order valence-electron chi connectivity index (χ3n) is 4.25. The zero-order valence-corrected chi connectivity index (χ0v) is 12.9. The summed E-state index contributed by atoms with van der Waals surface area (Å²) < 4.78 is 1.73. The van der Waals surface area contributed by atoms with Crippen molar-refractivity contribution < 1.29 is 4.79 Å². The largest absolute Gasteiger partial charge is 0.324 e. The second-order valence-electron chi connectivity index (χ2n) is 5.93. The molecule has 2 aromatic rings. The highest BCUT2D eigenvalue weighted by Gasteiger charge is 2.20. The number of pyridine rings is 1. The lowest BCUT2D eigenvalue weighted by Gasteiger charge is -2.17. The summed E-state index contributed by atoms with van der Waals surface area (Å²) >= 11 is 0. The summed E-state index contributed by atoms with van der Waals surface area (Å²) in [4.78, 5) is 16.7. The number of amides is 1. The Hall–Kier alpha value is -2.21. The number of hydrogen-bond acceptors (Lipinski definition) is 4. The molecule has 0 radical (unpaired) electrons. The van der Waals surface area contributed by atoms with Crippen molar-refractivity contribution >= 4 is 11.6 Å². The number of carbonyl (C=O) groups is 1. The van der Waals surface area contributed by atoms with Crippen molar-refractivity contribution in [1.82, 2.24) is 14.8 Å². The first-order valence-corrected chi connectivity index (χ1v) is 7.61. The minimum Gasteiger partial charge on any atom is -0.324 e. The van der Waals surface area contributed by atoms with Crippen LogP contribution in [0.3, 0.4) is 0 Å². The van der Waals surface area contributed by atoms with Gasteiger partial charge in [-0.2, -0.15) is 5.10 Å². The van der Waals surface area contributed by atoms with E-state index in [2.05, 4.69) is 15.4 Å². The van der Waals surface area contributed by atoms with E-state index in [0.29, 0.717) is 5.69 Å². The van der Waals surface area contributed by atoms with Crippen molar-refractivity contribution in [1.29, 1.82) is 0 Å². The number of aromatic nitrogens is 3. The molecule has 2 aromatic heterocycles. The molecule has 3 N–H and O–H groups in total. The molecule has 1 amide bonds. The van der Waals surface area contributed by atoms with Crippen molar-refractivity contribution in [2.24, 2.45) is 18.7 Å². The predicted octanol–water partition coefficient (Wildman–Crippen LogP) is 2.24. The van der Waals surface area contributed by atoms with Crippen molar-refractivity contribution in [3.8, 4) is 11.4 Å². The number of anilines is 1. The molecule has 2 atom stereocenters. The van der Waals surface area contributed by atoms with Crippen molar-refractivity contribution in [2.75, 3.05) is 5.32 Å². The third kappa shape index (κ3) is 2.74. The van der Waals surface area contributed by atoms with Gasteiger partial charge in [-0.15, -0.1) is 0 Å². The van der Waals surface area contributed by atoms with Gasteiger partial charge >= 0.3 is 0 Å². The molecule has 0 aliphatic carbocycles. The van der Waals surface area contributed by atoms with Crippen LogP contribution in [0.1, 0.15) is 37.8 Å². The summed E-state index contributed by atoms with van der Waals surface area (Å²) in [5, 5.41) is 7.23. The minimum absolute atomic E-state index is 0.0135. The van der Waals surface area contributed by atoms with Crippen LogP contribution >= 0.6 is 0 Å². The summed E-state index contributed by atoms with van der Waals surface area (Å²) in [5.41, 5.74) is 9.62. The first-order valence-electron chi connectivity index (χ1n) is 7.61. The number of rotatable bonds is 0. The van der Waals surface area contributed by atoms with Gasteiger partial charge in [-0.3, -0.25) is 14.5 Å². The van der Waals surface area contributed by atoms with Crippen LogP contribution in [-0.2, 0) is 11.8 Å². The Morgan fingerprint density at radius 1 is 1.41 bits per heavy atom. The third-order valence-corrected chi connectivity index (χ3v) is 4.25. The van der Waals surface area contributed by atoms with Gasteiger partial charge in [0.1, 0.15) is 5.69 Å². The molecular formula is C16H21N5O. The van der Waals surface area contributed by atoms with Crippen molar-refractivity contribution in [3.63, 3.8) is 0 Å². The molecule has 0 spiro atoms. The van der Waals surface area contributed by atoms with Gasteiger partial charge in [0.2, 0.25) is 5.91 Å². The van der Waals surface area contributed by atoms with Gasteiger partial charge in [-0.1, -0.05) is 13.3 Å². The molecule has 0 saturated carbocycles. The van der Waals surface area contributed by atoms with E-state index in [1.807, 2.05) is 26.1 Å². The molecule has 6 nitrogen and oxygen atoms in total. The number of nitrogens with zero attached hydrogens (tertiary/aromatic N) is 3. The fraction of sp³-hybridized carbons (Fsp3) is 0.438. The normalized spacial score (nSPS) is 22.2. The molecule has 3 heterocycles. The predicted molar refractivity (Wildman–Crippen MR) is 85.0 cm³/mol. The van der Waals surface area contributed by atoms with Crippen LogP contribution in [-0.4, -0.2) is 20.7 Å². The lowest BCUT2D eigenvalue weighted by molar-refractivity contribution is -0.119. The molecule has 0 aromatic carbocycles. The Balaban J connectivity index is 2.10. The fourth-order valence-electron chi connectivity index (χ4n) is 2.84. The number of fused-ring (bicyclic) bond motifs is 4. The van der Waals surface area contributed by atoms with E-state index < -0.39 is 0 Å². The summed E-state index contributed by atoms with van der Waals surface area (Å²) in [5.74, 6) is -0.0365. The SMILES string of the molecule is C[C@@H]1CCC[C@H](N)c2ccnc(c2)-c2c(cnn2C)NC1=O. The first kappa shape index (κ1) is 14.7. The molecule has 0 saturated heterocycles.